The van der Waals surface area contributed by atoms with Crippen LogP contribution in [0.1, 0.15) is 11.3 Å². The third-order valence-corrected chi connectivity index (χ3v) is 6.85. The fourth-order valence-electron chi connectivity index (χ4n) is 3.17. The number of nitrogens with one attached hydrogen (secondary N) is 1. The Kier molecular flexibility index (Phi) is 9.31. The van der Waals surface area contributed by atoms with E-state index in [0.29, 0.717) is 61.4 Å². The molecule has 1 fully saturated rings. The number of aromatic nitrogens is 1. The first-order valence-corrected chi connectivity index (χ1v) is 11.1. The van der Waals surface area contributed by atoms with Crippen LogP contribution in [0.4, 0.5) is 4.39 Å². The number of benzene rings is 1. The minimum Gasteiger partial charge on any atom is -0.364 e. The fourth-order valence-corrected chi connectivity index (χ4v) is 4.85. The zero-order chi connectivity index (χ0) is 20.9. The van der Waals surface area contributed by atoms with Gasteiger partial charge in [0.15, 0.2) is 5.96 Å². The summed E-state index contributed by atoms with van der Waals surface area (Å²) in [5.41, 5.74) is 0.845. The molecule has 30 heavy (non-hydrogen) atoms. The van der Waals surface area contributed by atoms with Gasteiger partial charge >= 0.3 is 0 Å². The molecule has 166 valence electrons. The van der Waals surface area contributed by atoms with E-state index in [9.17, 15) is 12.8 Å². The maximum Gasteiger partial charge on any atom is 0.220 e. The molecule has 0 radical (unpaired) electrons. The molecule has 0 amide bonds. The molecule has 0 bridgehead atoms. The van der Waals surface area contributed by atoms with Gasteiger partial charge in [-0.1, -0.05) is 22.8 Å². The molecule has 8 nitrogen and oxygen atoms in total. The van der Waals surface area contributed by atoms with Crippen LogP contribution in [0.15, 0.2) is 40.0 Å². The second-order valence-corrected chi connectivity index (χ2v) is 8.93. The summed E-state index contributed by atoms with van der Waals surface area (Å²) >= 11 is 6.06. The van der Waals surface area contributed by atoms with E-state index < -0.39 is 10.0 Å². The van der Waals surface area contributed by atoms with Gasteiger partial charge in [-0.3, -0.25) is 4.99 Å². The molecule has 0 aliphatic carbocycles. The lowest BCUT2D eigenvalue weighted by atomic mass is 10.1. The summed E-state index contributed by atoms with van der Waals surface area (Å²) in [6.07, 6.45) is 1.77. The number of sulfonamides is 1. The van der Waals surface area contributed by atoms with Crippen molar-refractivity contribution in [1.29, 1.82) is 0 Å². The number of halogens is 3. The minimum atomic E-state index is -3.46. The Labute approximate surface area is 197 Å². The van der Waals surface area contributed by atoms with Gasteiger partial charge in [-0.2, -0.15) is 4.31 Å². The summed E-state index contributed by atoms with van der Waals surface area (Å²) in [5.74, 6) is 0.131. The molecular formula is C18H24ClFIN5O3S. The number of piperazine rings is 1. The van der Waals surface area contributed by atoms with Crippen LogP contribution < -0.4 is 5.32 Å². The first-order valence-electron chi connectivity index (χ1n) is 9.16. The van der Waals surface area contributed by atoms with E-state index in [1.54, 1.807) is 25.2 Å². The van der Waals surface area contributed by atoms with Gasteiger partial charge in [0.1, 0.15) is 17.8 Å². The number of hydrogen-bond donors (Lipinski definition) is 1. The summed E-state index contributed by atoms with van der Waals surface area (Å²) in [5, 5.41) is 7.26. The molecule has 1 aromatic carbocycles. The number of nitrogens with zero attached hydrogens (tertiary/aromatic N) is 4. The lowest BCUT2D eigenvalue weighted by Gasteiger charge is -2.35. The van der Waals surface area contributed by atoms with E-state index in [0.717, 1.165) is 0 Å². The Morgan fingerprint density at radius 3 is 2.63 bits per heavy atom. The van der Waals surface area contributed by atoms with E-state index in [-0.39, 0.29) is 35.5 Å². The smallest absolute Gasteiger partial charge is 0.220 e. The highest BCUT2D eigenvalue weighted by Crippen LogP contribution is 2.19. The molecule has 1 saturated heterocycles. The monoisotopic (exact) mass is 571 g/mol. The van der Waals surface area contributed by atoms with Gasteiger partial charge in [0.2, 0.25) is 10.0 Å². The van der Waals surface area contributed by atoms with Gasteiger partial charge in [-0.15, -0.1) is 24.0 Å². The molecule has 1 aliphatic heterocycles. The van der Waals surface area contributed by atoms with Crippen molar-refractivity contribution in [1.82, 2.24) is 19.7 Å². The van der Waals surface area contributed by atoms with Crippen molar-refractivity contribution in [3.8, 4) is 0 Å². The van der Waals surface area contributed by atoms with Crippen molar-refractivity contribution in [3.63, 3.8) is 0 Å². The highest BCUT2D eigenvalue weighted by Gasteiger charge is 2.29. The molecule has 1 N–H and O–H groups in total. The summed E-state index contributed by atoms with van der Waals surface area (Å²) in [6, 6.07) is 6.16. The normalized spacial score (nSPS) is 15.7. The van der Waals surface area contributed by atoms with E-state index in [1.165, 1.54) is 16.6 Å². The summed E-state index contributed by atoms with van der Waals surface area (Å²) < 4.78 is 45.1. The molecule has 1 aliphatic rings. The quantitative estimate of drug-likeness (QED) is 0.325. The van der Waals surface area contributed by atoms with Crippen molar-refractivity contribution in [3.05, 3.63) is 52.6 Å². The maximum atomic E-state index is 13.9. The van der Waals surface area contributed by atoms with Gasteiger partial charge in [-0.05, 0) is 18.6 Å². The van der Waals surface area contributed by atoms with Crippen LogP contribution >= 0.6 is 35.6 Å². The van der Waals surface area contributed by atoms with Crippen LogP contribution in [0.2, 0.25) is 5.02 Å². The average molecular weight is 572 g/mol. The van der Waals surface area contributed by atoms with Crippen molar-refractivity contribution < 1.29 is 17.3 Å². The Hall–Kier alpha value is -1.44. The lowest BCUT2D eigenvalue weighted by molar-refractivity contribution is 0.260. The SMILES string of the molecule is CN=C(NCCc1c(F)cccc1Cl)N1CCN(S(=O)(=O)Cc2ccon2)CC1.I. The van der Waals surface area contributed by atoms with Crippen LogP contribution in [-0.4, -0.2) is 68.5 Å². The van der Waals surface area contributed by atoms with Crippen molar-refractivity contribution in [2.75, 3.05) is 39.8 Å². The Morgan fingerprint density at radius 2 is 2.03 bits per heavy atom. The number of hydrogen-bond acceptors (Lipinski definition) is 5. The van der Waals surface area contributed by atoms with Gasteiger partial charge in [0, 0.05) is 56.4 Å². The van der Waals surface area contributed by atoms with Gasteiger partial charge in [0.05, 0.1) is 5.69 Å². The number of guanidine groups is 1. The molecule has 0 atom stereocenters. The highest BCUT2D eigenvalue weighted by atomic mass is 127. The fraction of sp³-hybridized carbons (Fsp3) is 0.444. The topological polar surface area (TPSA) is 91.0 Å². The van der Waals surface area contributed by atoms with Crippen LogP contribution in [0.25, 0.3) is 0 Å². The van der Waals surface area contributed by atoms with E-state index in [1.807, 2.05) is 4.90 Å². The van der Waals surface area contributed by atoms with Gasteiger partial charge in [-0.25, -0.2) is 12.8 Å². The van der Waals surface area contributed by atoms with Crippen LogP contribution in [0.3, 0.4) is 0 Å². The molecule has 0 unspecified atom stereocenters. The summed E-state index contributed by atoms with van der Waals surface area (Å²) in [4.78, 5) is 6.23. The second-order valence-electron chi connectivity index (χ2n) is 6.56. The van der Waals surface area contributed by atoms with Crippen molar-refractivity contribution in [2.24, 2.45) is 4.99 Å². The van der Waals surface area contributed by atoms with Crippen molar-refractivity contribution >= 4 is 51.6 Å². The third-order valence-electron chi connectivity index (χ3n) is 4.68. The standard InChI is InChI=1S/C18H23ClFN5O3S.HI/c1-21-18(22-7-5-15-16(19)3-2-4-17(15)20)24-8-10-25(11-9-24)29(26,27)13-14-6-12-28-23-14;/h2-4,6,12H,5,7-11,13H2,1H3,(H,21,22);1H. The molecule has 2 heterocycles. The van der Waals surface area contributed by atoms with Gasteiger partial charge < -0.3 is 14.7 Å². The van der Waals surface area contributed by atoms with E-state index >= 15 is 0 Å². The first-order chi connectivity index (χ1) is 13.9. The maximum absolute atomic E-state index is 13.9. The lowest BCUT2D eigenvalue weighted by Crippen LogP contribution is -2.54. The van der Waals surface area contributed by atoms with Crippen LogP contribution in [-0.2, 0) is 22.2 Å². The Bertz CT molecular complexity index is 930. The number of rotatable bonds is 6. The molecule has 2 aromatic rings. The van der Waals surface area contributed by atoms with Crippen LogP contribution in [0.5, 0.6) is 0 Å². The average Bonchev–Trinajstić information content (AvgIpc) is 3.20. The molecule has 3 rings (SSSR count). The Morgan fingerprint density at radius 1 is 1.30 bits per heavy atom. The minimum absolute atomic E-state index is 0. The van der Waals surface area contributed by atoms with Crippen molar-refractivity contribution in [2.45, 2.75) is 12.2 Å². The molecule has 12 heteroatoms. The Balaban J connectivity index is 0.00000320. The largest absolute Gasteiger partial charge is 0.364 e. The molecular weight excluding hydrogens is 548 g/mol. The molecule has 1 aromatic heterocycles. The predicted molar refractivity (Wildman–Crippen MR) is 124 cm³/mol. The predicted octanol–water partition coefficient (Wildman–Crippen LogP) is 2.35. The second kappa shape index (κ2) is 11.3. The van der Waals surface area contributed by atoms with E-state index in [4.69, 9.17) is 16.1 Å². The molecule has 0 spiro atoms. The van der Waals surface area contributed by atoms with Crippen LogP contribution in [0, 0.1) is 5.82 Å². The first kappa shape index (κ1) is 24.8. The van der Waals surface area contributed by atoms with E-state index in [2.05, 4.69) is 15.5 Å². The highest BCUT2D eigenvalue weighted by molar-refractivity contribution is 14.0. The van der Waals surface area contributed by atoms with Gasteiger partial charge in [0.25, 0.3) is 0 Å². The zero-order valence-electron chi connectivity index (χ0n) is 16.4. The number of aliphatic imine (C=N–C) groups is 1. The zero-order valence-corrected chi connectivity index (χ0v) is 20.3. The summed E-state index contributed by atoms with van der Waals surface area (Å²) in [7, 11) is -1.80. The third kappa shape index (κ3) is 6.28. The molecule has 0 saturated carbocycles. The summed E-state index contributed by atoms with van der Waals surface area (Å²) in [6.45, 7) is 2.15.